The smallest absolute Gasteiger partial charge is 0.368 e. The Balaban J connectivity index is 1.68. The zero-order valence-corrected chi connectivity index (χ0v) is 18.1. The molecule has 0 aromatic heterocycles. The second-order valence-corrected chi connectivity index (χ2v) is 7.36. The van der Waals surface area contributed by atoms with Crippen LogP contribution in [0.3, 0.4) is 0 Å². The van der Waals surface area contributed by atoms with Gasteiger partial charge in [-0.2, -0.15) is 0 Å². The van der Waals surface area contributed by atoms with Crippen molar-refractivity contribution in [2.75, 3.05) is 7.11 Å². The van der Waals surface area contributed by atoms with Gasteiger partial charge in [-0.25, -0.2) is 9.18 Å². The van der Waals surface area contributed by atoms with E-state index >= 15 is 0 Å². The van der Waals surface area contributed by atoms with Gasteiger partial charge in [0.2, 0.25) is 0 Å². The first kappa shape index (κ1) is 22.0. The van der Waals surface area contributed by atoms with Crippen LogP contribution in [0.15, 0.2) is 90.1 Å². The lowest BCUT2D eigenvalue weighted by Gasteiger charge is -2.16. The predicted octanol–water partition coefficient (Wildman–Crippen LogP) is 5.49. The Kier molecular flexibility index (Phi) is 6.64. The van der Waals surface area contributed by atoms with Gasteiger partial charge >= 0.3 is 5.97 Å². The third-order valence-corrected chi connectivity index (χ3v) is 5.09. The van der Waals surface area contributed by atoms with E-state index in [1.54, 1.807) is 37.5 Å². The number of allylic oxidation sites excluding steroid dienone is 1. The number of methoxy groups -OCH3 is 1. The largest absolute Gasteiger partial charge is 0.493 e. The molecule has 3 aromatic carbocycles. The Morgan fingerprint density at radius 3 is 2.55 bits per heavy atom. The lowest BCUT2D eigenvalue weighted by atomic mass is 9.99. The molecule has 0 bridgehead atoms. The lowest BCUT2D eigenvalue weighted by Crippen LogP contribution is -2.07. The highest BCUT2D eigenvalue weighted by molar-refractivity contribution is 6.31. The summed E-state index contributed by atoms with van der Waals surface area (Å²) < 4.78 is 24.8. The van der Waals surface area contributed by atoms with Gasteiger partial charge in [0.15, 0.2) is 11.5 Å². The van der Waals surface area contributed by atoms with Gasteiger partial charge in [-0.3, -0.25) is 0 Å². The van der Waals surface area contributed by atoms with Crippen molar-refractivity contribution in [2.24, 2.45) is 5.16 Å². The molecular formula is C27H22FNO4. The number of nitrogens with zero attached hydrogens (tertiary/aromatic N) is 1. The van der Waals surface area contributed by atoms with Crippen molar-refractivity contribution in [3.05, 3.63) is 113 Å². The number of carbonyl (C=O) groups is 1. The lowest BCUT2D eigenvalue weighted by molar-refractivity contribution is -0.136. The van der Waals surface area contributed by atoms with Crippen LogP contribution < -0.4 is 9.47 Å². The molecule has 0 atom stereocenters. The maximum Gasteiger partial charge on any atom is 0.368 e. The van der Waals surface area contributed by atoms with E-state index in [2.05, 4.69) is 11.7 Å². The van der Waals surface area contributed by atoms with Gasteiger partial charge in [0.25, 0.3) is 0 Å². The first-order valence-corrected chi connectivity index (χ1v) is 10.3. The maximum absolute atomic E-state index is 13.2. The number of rotatable bonds is 8. The Morgan fingerprint density at radius 1 is 1.09 bits per heavy atom. The molecule has 1 aliphatic rings. The van der Waals surface area contributed by atoms with Crippen LogP contribution in [0.5, 0.6) is 11.5 Å². The molecule has 0 saturated heterocycles. The van der Waals surface area contributed by atoms with E-state index in [1.165, 1.54) is 12.1 Å². The van der Waals surface area contributed by atoms with Crippen LogP contribution in [-0.2, 0) is 22.7 Å². The van der Waals surface area contributed by atoms with Crippen molar-refractivity contribution < 1.29 is 23.5 Å². The third kappa shape index (κ3) is 5.01. The summed E-state index contributed by atoms with van der Waals surface area (Å²) in [6.45, 7) is 4.08. The van der Waals surface area contributed by atoms with Crippen LogP contribution in [0.1, 0.15) is 22.3 Å². The van der Waals surface area contributed by atoms with Crippen LogP contribution in [0.25, 0.3) is 6.08 Å². The minimum absolute atomic E-state index is 0.248. The molecule has 33 heavy (non-hydrogen) atoms. The highest BCUT2D eigenvalue weighted by Gasteiger charge is 2.27. The zero-order chi connectivity index (χ0) is 23.2. The van der Waals surface area contributed by atoms with E-state index < -0.39 is 5.97 Å². The van der Waals surface area contributed by atoms with Crippen LogP contribution in [0.2, 0.25) is 0 Å². The molecule has 166 valence electrons. The van der Waals surface area contributed by atoms with Gasteiger partial charge < -0.3 is 14.3 Å². The van der Waals surface area contributed by atoms with E-state index in [0.29, 0.717) is 29.2 Å². The summed E-state index contributed by atoms with van der Waals surface area (Å²) in [6, 6.07) is 19.2. The molecule has 0 saturated carbocycles. The second kappa shape index (κ2) is 9.96. The Bertz CT molecular complexity index is 1230. The number of benzene rings is 3. The maximum atomic E-state index is 13.2. The molecule has 0 N–H and O–H groups in total. The summed E-state index contributed by atoms with van der Waals surface area (Å²) in [4.78, 5) is 17.3. The number of oxime groups is 1. The van der Waals surface area contributed by atoms with E-state index in [-0.39, 0.29) is 12.4 Å². The first-order valence-electron chi connectivity index (χ1n) is 10.3. The van der Waals surface area contributed by atoms with Crippen LogP contribution >= 0.6 is 0 Å². The molecule has 0 amide bonds. The third-order valence-electron chi connectivity index (χ3n) is 5.09. The van der Waals surface area contributed by atoms with E-state index in [0.717, 1.165) is 22.3 Å². The van der Waals surface area contributed by atoms with Crippen molar-refractivity contribution in [1.82, 2.24) is 0 Å². The predicted molar refractivity (Wildman–Crippen MR) is 125 cm³/mol. The summed E-state index contributed by atoms with van der Waals surface area (Å²) >= 11 is 0. The van der Waals surface area contributed by atoms with Gasteiger partial charge in [0, 0.05) is 11.1 Å². The molecule has 0 radical (unpaired) electrons. The van der Waals surface area contributed by atoms with E-state index in [9.17, 15) is 9.18 Å². The summed E-state index contributed by atoms with van der Waals surface area (Å²) in [6.07, 6.45) is 4.01. The Labute approximate surface area is 191 Å². The SMILES string of the molecule is C=CCc1cc(/C=C2\C(=O)ON=C2c2ccccc2)cc(OC)c1OCc1ccc(F)cc1. The average Bonchev–Trinajstić information content (AvgIpc) is 3.20. The molecule has 3 aromatic rings. The first-order chi connectivity index (χ1) is 16.1. The molecule has 0 unspecified atom stereocenters. The van der Waals surface area contributed by atoms with Crippen LogP contribution in [-0.4, -0.2) is 18.8 Å². The molecule has 4 rings (SSSR count). The molecule has 6 heteroatoms. The zero-order valence-electron chi connectivity index (χ0n) is 18.1. The monoisotopic (exact) mass is 443 g/mol. The molecule has 0 spiro atoms. The number of carbonyl (C=O) groups excluding carboxylic acids is 1. The van der Waals surface area contributed by atoms with Crippen molar-refractivity contribution in [2.45, 2.75) is 13.0 Å². The Morgan fingerprint density at radius 2 is 1.85 bits per heavy atom. The van der Waals surface area contributed by atoms with Gasteiger partial charge in [-0.1, -0.05) is 53.7 Å². The van der Waals surface area contributed by atoms with E-state index in [1.807, 2.05) is 36.4 Å². The quantitative estimate of drug-likeness (QED) is 0.263. The minimum atomic E-state index is -0.519. The fraction of sp³-hybridized carbons (Fsp3) is 0.111. The summed E-state index contributed by atoms with van der Waals surface area (Å²) in [7, 11) is 1.55. The topological polar surface area (TPSA) is 57.1 Å². The fourth-order valence-corrected chi connectivity index (χ4v) is 3.51. The van der Waals surface area contributed by atoms with Crippen molar-refractivity contribution >= 4 is 17.8 Å². The highest BCUT2D eigenvalue weighted by Crippen LogP contribution is 2.35. The van der Waals surface area contributed by atoms with Gasteiger partial charge in [0.1, 0.15) is 18.1 Å². The van der Waals surface area contributed by atoms with Crippen molar-refractivity contribution in [3.8, 4) is 11.5 Å². The van der Waals surface area contributed by atoms with Crippen molar-refractivity contribution in [1.29, 1.82) is 0 Å². The molecule has 5 nitrogen and oxygen atoms in total. The van der Waals surface area contributed by atoms with E-state index in [4.69, 9.17) is 14.3 Å². The van der Waals surface area contributed by atoms with Crippen LogP contribution in [0, 0.1) is 5.82 Å². The average molecular weight is 443 g/mol. The number of halogens is 1. The Hall–Kier alpha value is -4.19. The number of hydrogen-bond donors (Lipinski definition) is 0. The van der Waals surface area contributed by atoms with Crippen LogP contribution in [0.4, 0.5) is 4.39 Å². The van der Waals surface area contributed by atoms with Crippen molar-refractivity contribution in [3.63, 3.8) is 0 Å². The standard InChI is InChI=1S/C27H22FNO4/c1-3-7-21-14-19(15-23-25(29-33-27(23)30)20-8-5-4-6-9-20)16-24(31-2)26(21)32-17-18-10-12-22(28)13-11-18/h3-6,8-16H,1,7,17H2,2H3/b23-15-. The molecule has 1 heterocycles. The van der Waals surface area contributed by atoms with Gasteiger partial charge in [-0.15, -0.1) is 6.58 Å². The highest BCUT2D eigenvalue weighted by atomic mass is 19.1. The summed E-state index contributed by atoms with van der Waals surface area (Å²) in [5.74, 6) is 0.252. The van der Waals surface area contributed by atoms with Gasteiger partial charge in [0.05, 0.1) is 12.7 Å². The molecule has 1 aliphatic heterocycles. The summed E-state index contributed by atoms with van der Waals surface area (Å²) in [5.41, 5.74) is 4.01. The molecule has 0 fully saturated rings. The second-order valence-electron chi connectivity index (χ2n) is 7.36. The fourth-order valence-electron chi connectivity index (χ4n) is 3.51. The number of ether oxygens (including phenoxy) is 2. The number of hydrogen-bond acceptors (Lipinski definition) is 5. The normalized spacial score (nSPS) is 14.1. The molecular weight excluding hydrogens is 421 g/mol. The minimum Gasteiger partial charge on any atom is -0.493 e. The molecule has 0 aliphatic carbocycles. The van der Waals surface area contributed by atoms with Gasteiger partial charge in [-0.05, 0) is 47.9 Å². The summed E-state index contributed by atoms with van der Waals surface area (Å²) in [5, 5.41) is 3.95.